The number of hydrogen-bond donors (Lipinski definition) is 2. The fourth-order valence-corrected chi connectivity index (χ4v) is 3.59. The predicted molar refractivity (Wildman–Crippen MR) is 116 cm³/mol. The Hall–Kier alpha value is -3.65. The first-order valence-electron chi connectivity index (χ1n) is 10.1. The van der Waals surface area contributed by atoms with Crippen LogP contribution in [0.25, 0.3) is 11.0 Å². The molecule has 3 aromatic rings. The molecule has 0 spiro atoms. The average molecular weight is 421 g/mol. The van der Waals surface area contributed by atoms with Crippen LogP contribution in [0.2, 0.25) is 0 Å². The van der Waals surface area contributed by atoms with Crippen molar-refractivity contribution >= 4 is 40.1 Å². The molecule has 2 heterocycles. The Morgan fingerprint density at radius 1 is 1.13 bits per heavy atom. The van der Waals surface area contributed by atoms with Crippen molar-refractivity contribution in [1.29, 1.82) is 0 Å². The van der Waals surface area contributed by atoms with Crippen LogP contribution >= 0.6 is 0 Å². The lowest BCUT2D eigenvalue weighted by Crippen LogP contribution is -2.38. The summed E-state index contributed by atoms with van der Waals surface area (Å²) < 4.78 is 11.2. The van der Waals surface area contributed by atoms with Gasteiger partial charge in [-0.1, -0.05) is 24.3 Å². The minimum atomic E-state index is -0.802. The maximum atomic E-state index is 12.3. The van der Waals surface area contributed by atoms with E-state index in [1.807, 2.05) is 30.3 Å². The number of carbonyl (C=O) groups excluding carboxylic acids is 3. The Labute approximate surface area is 179 Å². The van der Waals surface area contributed by atoms with Crippen LogP contribution in [0.5, 0.6) is 0 Å². The molecule has 3 amide bonds. The molecule has 1 aromatic heterocycles. The van der Waals surface area contributed by atoms with E-state index in [0.29, 0.717) is 30.1 Å². The van der Waals surface area contributed by atoms with E-state index >= 15 is 0 Å². The number of nitrogens with one attached hydrogen (secondary N) is 2. The molecule has 8 heteroatoms. The third kappa shape index (κ3) is 4.59. The molecular weight excluding hydrogens is 398 g/mol. The van der Waals surface area contributed by atoms with Gasteiger partial charge in [0.05, 0.1) is 6.54 Å². The molecule has 1 atom stereocenters. The fraction of sp³-hybridized carbons (Fsp3) is 0.261. The second-order valence-electron chi connectivity index (χ2n) is 7.27. The molecule has 2 N–H and O–H groups in total. The lowest BCUT2D eigenvalue weighted by molar-refractivity contribution is -0.136. The summed E-state index contributed by atoms with van der Waals surface area (Å²) in [6.07, 6.45) is 0.794. The van der Waals surface area contributed by atoms with Gasteiger partial charge in [-0.25, -0.2) is 0 Å². The number of anilines is 2. The Bertz CT molecular complexity index is 1090. The van der Waals surface area contributed by atoms with Crippen molar-refractivity contribution in [3.05, 3.63) is 60.4 Å². The molecule has 1 saturated heterocycles. The number of carbonyl (C=O) groups is 3. The third-order valence-corrected chi connectivity index (χ3v) is 5.19. The zero-order valence-corrected chi connectivity index (χ0v) is 17.1. The van der Waals surface area contributed by atoms with Crippen molar-refractivity contribution in [1.82, 2.24) is 5.32 Å². The normalized spacial score (nSPS) is 14.6. The van der Waals surface area contributed by atoms with Crippen molar-refractivity contribution < 1.29 is 23.5 Å². The zero-order chi connectivity index (χ0) is 21.8. The summed E-state index contributed by atoms with van der Waals surface area (Å²) in [6, 6.07) is 16.3. The molecule has 0 unspecified atom stereocenters. The molecule has 1 fully saturated rings. The van der Waals surface area contributed by atoms with Gasteiger partial charge in [-0.15, -0.1) is 0 Å². The number of benzene rings is 2. The number of nitrogens with zero attached hydrogens (tertiary/aromatic N) is 1. The Kier molecular flexibility index (Phi) is 5.99. The highest BCUT2D eigenvalue weighted by atomic mass is 16.5. The summed E-state index contributed by atoms with van der Waals surface area (Å²) in [6.45, 7) is 0.724. The number of hydrogen-bond acceptors (Lipinski definition) is 5. The van der Waals surface area contributed by atoms with Crippen molar-refractivity contribution in [2.24, 2.45) is 0 Å². The van der Waals surface area contributed by atoms with Gasteiger partial charge >= 0.3 is 11.8 Å². The van der Waals surface area contributed by atoms with Crippen molar-refractivity contribution in [2.75, 3.05) is 30.4 Å². The Balaban J connectivity index is 1.36. The van der Waals surface area contributed by atoms with Crippen LogP contribution in [0.1, 0.15) is 24.7 Å². The van der Waals surface area contributed by atoms with Gasteiger partial charge in [-0.05, 0) is 36.8 Å². The van der Waals surface area contributed by atoms with Crippen LogP contribution in [0.4, 0.5) is 11.4 Å². The second kappa shape index (κ2) is 9.01. The van der Waals surface area contributed by atoms with E-state index in [1.54, 1.807) is 29.2 Å². The average Bonchev–Trinajstić information content (AvgIpc) is 3.40. The number of amides is 3. The molecule has 0 aliphatic carbocycles. The van der Waals surface area contributed by atoms with Gasteiger partial charge in [0.15, 0.2) is 0 Å². The van der Waals surface area contributed by atoms with Crippen LogP contribution in [0.3, 0.4) is 0 Å². The van der Waals surface area contributed by atoms with Gasteiger partial charge in [0.2, 0.25) is 5.91 Å². The van der Waals surface area contributed by atoms with E-state index < -0.39 is 17.9 Å². The van der Waals surface area contributed by atoms with Gasteiger partial charge in [0.1, 0.15) is 17.4 Å². The summed E-state index contributed by atoms with van der Waals surface area (Å²) in [5.74, 6) is -0.977. The molecule has 160 valence electrons. The smallest absolute Gasteiger partial charge is 0.313 e. The van der Waals surface area contributed by atoms with Gasteiger partial charge in [0, 0.05) is 36.8 Å². The van der Waals surface area contributed by atoms with Gasteiger partial charge in [-0.2, -0.15) is 0 Å². The summed E-state index contributed by atoms with van der Waals surface area (Å²) in [5, 5.41) is 6.07. The zero-order valence-electron chi connectivity index (χ0n) is 17.1. The molecule has 1 aliphatic rings. The highest BCUT2D eigenvalue weighted by Crippen LogP contribution is 2.26. The minimum Gasteiger partial charge on any atom is -0.458 e. The number of para-hydroxylation sites is 1. The number of ether oxygens (including phenoxy) is 1. The van der Waals surface area contributed by atoms with E-state index in [2.05, 4.69) is 10.6 Å². The van der Waals surface area contributed by atoms with Gasteiger partial charge in [0.25, 0.3) is 0 Å². The lowest BCUT2D eigenvalue weighted by atomic mass is 10.2. The van der Waals surface area contributed by atoms with Crippen molar-refractivity contribution in [3.63, 3.8) is 0 Å². The van der Waals surface area contributed by atoms with E-state index in [0.717, 1.165) is 17.4 Å². The first-order chi connectivity index (χ1) is 15.0. The first-order valence-corrected chi connectivity index (χ1v) is 10.1. The molecule has 1 aliphatic heterocycles. The maximum Gasteiger partial charge on any atom is 0.313 e. The fourth-order valence-electron chi connectivity index (χ4n) is 3.59. The second-order valence-corrected chi connectivity index (χ2v) is 7.27. The summed E-state index contributed by atoms with van der Waals surface area (Å²) in [7, 11) is 1.51. The quantitative estimate of drug-likeness (QED) is 0.596. The molecule has 31 heavy (non-hydrogen) atoms. The first kappa shape index (κ1) is 20.6. The molecule has 4 rings (SSSR count). The molecule has 2 aromatic carbocycles. The summed E-state index contributed by atoms with van der Waals surface area (Å²) in [4.78, 5) is 38.2. The van der Waals surface area contributed by atoms with Crippen LogP contribution in [-0.4, -0.2) is 37.9 Å². The minimum absolute atomic E-state index is 0.0532. The Morgan fingerprint density at radius 3 is 2.71 bits per heavy atom. The monoisotopic (exact) mass is 421 g/mol. The van der Waals surface area contributed by atoms with E-state index in [-0.39, 0.29) is 12.5 Å². The van der Waals surface area contributed by atoms with Crippen LogP contribution < -0.4 is 15.5 Å². The SMILES string of the molecule is CO[C@@H](CNC(=O)C(=O)Nc1cccc(N2CCCC2=O)c1)c1cc2ccccc2o1. The van der Waals surface area contributed by atoms with Gasteiger partial charge < -0.3 is 24.7 Å². The molecule has 8 nitrogen and oxygen atoms in total. The molecule has 0 bridgehead atoms. The van der Waals surface area contributed by atoms with Crippen LogP contribution in [0, 0.1) is 0 Å². The van der Waals surface area contributed by atoms with Crippen molar-refractivity contribution in [2.45, 2.75) is 18.9 Å². The highest BCUT2D eigenvalue weighted by molar-refractivity contribution is 6.39. The van der Waals surface area contributed by atoms with E-state index in [1.165, 1.54) is 7.11 Å². The number of methoxy groups -OCH3 is 1. The van der Waals surface area contributed by atoms with Crippen LogP contribution in [0.15, 0.2) is 59.0 Å². The van der Waals surface area contributed by atoms with Crippen LogP contribution in [-0.2, 0) is 19.1 Å². The molecule has 0 radical (unpaired) electrons. The molecular formula is C23H23N3O5. The Morgan fingerprint density at radius 2 is 1.97 bits per heavy atom. The number of rotatable bonds is 6. The topological polar surface area (TPSA) is 101 Å². The number of furan rings is 1. The highest BCUT2D eigenvalue weighted by Gasteiger charge is 2.23. The van der Waals surface area contributed by atoms with Gasteiger partial charge in [-0.3, -0.25) is 14.4 Å². The predicted octanol–water partition coefficient (Wildman–Crippen LogP) is 3.00. The molecule has 0 saturated carbocycles. The maximum absolute atomic E-state index is 12.3. The largest absolute Gasteiger partial charge is 0.458 e. The van der Waals surface area contributed by atoms with E-state index in [4.69, 9.17) is 9.15 Å². The summed E-state index contributed by atoms with van der Waals surface area (Å²) in [5.41, 5.74) is 1.86. The van der Waals surface area contributed by atoms with Crippen molar-refractivity contribution in [3.8, 4) is 0 Å². The summed E-state index contributed by atoms with van der Waals surface area (Å²) >= 11 is 0. The van der Waals surface area contributed by atoms with E-state index in [9.17, 15) is 14.4 Å². The standard InChI is InChI=1S/C23H23N3O5/c1-30-20(19-12-15-6-2-3-9-18(15)31-19)14-24-22(28)23(29)25-16-7-4-8-17(13-16)26-11-5-10-21(26)27/h2-4,6-9,12-13,20H,5,10-11,14H2,1H3,(H,24,28)(H,25,29)/t20-/m0/s1. The number of fused-ring (bicyclic) bond motifs is 1. The third-order valence-electron chi connectivity index (χ3n) is 5.19. The lowest BCUT2D eigenvalue weighted by Gasteiger charge is -2.17.